The van der Waals surface area contributed by atoms with E-state index < -0.39 is 0 Å². The van der Waals surface area contributed by atoms with Gasteiger partial charge >= 0.3 is 0 Å². The number of hydrogen-bond donors (Lipinski definition) is 0. The van der Waals surface area contributed by atoms with Crippen LogP contribution < -0.4 is 0 Å². The first-order valence-electron chi connectivity index (χ1n) is 2.70. The maximum Gasteiger partial charge on any atom is 0.0847 e. The maximum absolute atomic E-state index is 5.04. The normalized spacial score (nSPS) is 28.2. The van der Waals surface area contributed by atoms with E-state index in [4.69, 9.17) is 4.74 Å². The van der Waals surface area contributed by atoms with Crippen molar-refractivity contribution in [1.29, 1.82) is 0 Å². The highest BCUT2D eigenvalue weighted by molar-refractivity contribution is 14.1. The molecule has 0 saturated carbocycles. The van der Waals surface area contributed by atoms with Gasteiger partial charge in [-0.3, -0.25) is 0 Å². The van der Waals surface area contributed by atoms with Crippen LogP contribution in [0, 0.1) is 0 Å². The number of hydrogen-bond acceptors (Lipinski definition) is 1. The van der Waals surface area contributed by atoms with Gasteiger partial charge in [0.2, 0.25) is 0 Å². The van der Waals surface area contributed by atoms with Crippen LogP contribution in [-0.4, -0.2) is 12.7 Å². The van der Waals surface area contributed by atoms with Crippen LogP contribution >= 0.6 is 22.6 Å². The Morgan fingerprint density at radius 2 is 2.62 bits per heavy atom. The van der Waals surface area contributed by atoms with Crippen molar-refractivity contribution in [2.24, 2.45) is 0 Å². The first-order chi connectivity index (χ1) is 3.83. The minimum atomic E-state index is 0.556. The van der Waals surface area contributed by atoms with E-state index in [0.29, 0.717) is 6.10 Å². The van der Waals surface area contributed by atoms with Crippen molar-refractivity contribution in [3.05, 3.63) is 9.66 Å². The van der Waals surface area contributed by atoms with Gasteiger partial charge in [0, 0.05) is 0 Å². The van der Waals surface area contributed by atoms with E-state index >= 15 is 0 Å². The molecule has 1 heterocycles. The highest BCUT2D eigenvalue weighted by atomic mass is 127. The van der Waals surface area contributed by atoms with Crippen LogP contribution in [0.15, 0.2) is 9.66 Å². The Kier molecular flexibility index (Phi) is 2.31. The third-order valence-corrected chi connectivity index (χ3v) is 2.20. The minimum absolute atomic E-state index is 0.556. The molecule has 1 aliphatic rings. The number of rotatable bonds is 2. The first-order valence-corrected chi connectivity index (χ1v) is 3.95. The van der Waals surface area contributed by atoms with Gasteiger partial charge in [-0.15, -0.1) is 0 Å². The smallest absolute Gasteiger partial charge is 0.0847 e. The van der Waals surface area contributed by atoms with E-state index in [1.807, 2.05) is 0 Å². The van der Waals surface area contributed by atoms with Gasteiger partial charge in [-0.05, 0) is 17.4 Å². The van der Waals surface area contributed by atoms with Crippen molar-refractivity contribution in [1.82, 2.24) is 0 Å². The lowest BCUT2D eigenvalue weighted by atomic mass is 10.2. The summed E-state index contributed by atoms with van der Waals surface area (Å²) in [6, 6.07) is 0. The van der Waals surface area contributed by atoms with E-state index in [-0.39, 0.29) is 0 Å². The summed E-state index contributed by atoms with van der Waals surface area (Å²) in [7, 11) is 0. The fourth-order valence-corrected chi connectivity index (χ4v) is 0.844. The molecule has 0 aromatic rings. The quantitative estimate of drug-likeness (QED) is 0.517. The Hall–Kier alpha value is 0.430. The number of epoxide rings is 1. The molecule has 2 heteroatoms. The molecular weight excluding hydrogens is 215 g/mol. The van der Waals surface area contributed by atoms with Gasteiger partial charge in [0.1, 0.15) is 0 Å². The van der Waals surface area contributed by atoms with Gasteiger partial charge in [0.15, 0.2) is 0 Å². The third kappa shape index (κ3) is 2.13. The summed E-state index contributed by atoms with van der Waals surface area (Å²) >= 11 is 2.26. The molecule has 8 heavy (non-hydrogen) atoms. The minimum Gasteiger partial charge on any atom is -0.373 e. The fraction of sp³-hybridized carbons (Fsp3) is 0.667. The largest absolute Gasteiger partial charge is 0.373 e. The zero-order valence-electron chi connectivity index (χ0n) is 4.86. The Morgan fingerprint density at radius 3 is 3.00 bits per heavy atom. The molecule has 1 nitrogen and oxygen atoms in total. The molecule has 0 spiro atoms. The second-order valence-electron chi connectivity index (χ2n) is 2.11. The van der Waals surface area contributed by atoms with Crippen molar-refractivity contribution < 1.29 is 4.74 Å². The molecule has 0 aromatic carbocycles. The summed E-state index contributed by atoms with van der Waals surface area (Å²) in [5.74, 6) is 0. The molecule has 1 aliphatic heterocycles. The average molecular weight is 224 g/mol. The first kappa shape index (κ1) is 6.55. The zero-order valence-corrected chi connectivity index (χ0v) is 7.01. The van der Waals surface area contributed by atoms with Crippen molar-refractivity contribution >= 4 is 22.6 Å². The summed E-state index contributed by atoms with van der Waals surface area (Å²) in [6.45, 7) is 3.11. The highest BCUT2D eigenvalue weighted by Crippen LogP contribution is 2.18. The summed E-state index contributed by atoms with van der Waals surface area (Å²) in [5.41, 5.74) is 1.42. The highest BCUT2D eigenvalue weighted by Gasteiger charge is 2.21. The lowest BCUT2D eigenvalue weighted by molar-refractivity contribution is 0.407. The Balaban J connectivity index is 2.16. The van der Waals surface area contributed by atoms with E-state index in [0.717, 1.165) is 13.0 Å². The topological polar surface area (TPSA) is 12.5 Å². The van der Waals surface area contributed by atoms with Crippen LogP contribution in [0.3, 0.4) is 0 Å². The van der Waals surface area contributed by atoms with Crippen LogP contribution in [0.2, 0.25) is 0 Å². The molecule has 46 valence electrons. The van der Waals surface area contributed by atoms with Crippen LogP contribution in [0.5, 0.6) is 0 Å². The molecule has 0 aromatic heterocycles. The van der Waals surface area contributed by atoms with Gasteiger partial charge in [0.25, 0.3) is 0 Å². The average Bonchev–Trinajstić information content (AvgIpc) is 2.50. The summed E-state index contributed by atoms with van der Waals surface area (Å²) in [4.78, 5) is 0. The monoisotopic (exact) mass is 224 g/mol. The van der Waals surface area contributed by atoms with E-state index in [1.165, 1.54) is 5.57 Å². The zero-order chi connectivity index (χ0) is 5.98. The Bertz CT molecular complexity index is 105. The van der Waals surface area contributed by atoms with Crippen molar-refractivity contribution in [3.63, 3.8) is 0 Å². The molecule has 0 aliphatic carbocycles. The molecule has 1 rings (SSSR count). The molecular formula is C6H9IO. The van der Waals surface area contributed by atoms with Gasteiger partial charge in [-0.1, -0.05) is 28.2 Å². The number of ether oxygens (including phenoxy) is 1. The summed E-state index contributed by atoms with van der Waals surface area (Å²) in [5, 5.41) is 0. The second kappa shape index (κ2) is 2.82. The second-order valence-corrected chi connectivity index (χ2v) is 2.74. The number of halogens is 1. The Labute approximate surface area is 63.2 Å². The van der Waals surface area contributed by atoms with E-state index in [9.17, 15) is 0 Å². The SMILES string of the molecule is C/C(=C/I)C[C@H]1CO1. The maximum atomic E-state index is 5.04. The lowest BCUT2D eigenvalue weighted by Gasteiger charge is -1.90. The van der Waals surface area contributed by atoms with Gasteiger partial charge in [-0.2, -0.15) is 0 Å². The molecule has 0 radical (unpaired) electrons. The molecule has 1 fully saturated rings. The summed E-state index contributed by atoms with van der Waals surface area (Å²) < 4.78 is 7.15. The molecule has 0 amide bonds. The van der Waals surface area contributed by atoms with Crippen LogP contribution in [-0.2, 0) is 4.74 Å². The fourth-order valence-electron chi connectivity index (χ4n) is 0.590. The van der Waals surface area contributed by atoms with E-state index in [2.05, 4.69) is 33.6 Å². The van der Waals surface area contributed by atoms with E-state index in [1.54, 1.807) is 0 Å². The molecule has 0 N–H and O–H groups in total. The van der Waals surface area contributed by atoms with Crippen LogP contribution in [0.4, 0.5) is 0 Å². The van der Waals surface area contributed by atoms with Crippen molar-refractivity contribution in [2.75, 3.05) is 6.61 Å². The lowest BCUT2D eigenvalue weighted by Crippen LogP contribution is -1.83. The third-order valence-electron chi connectivity index (χ3n) is 1.14. The Morgan fingerprint density at radius 1 is 2.00 bits per heavy atom. The molecule has 0 unspecified atom stereocenters. The van der Waals surface area contributed by atoms with Crippen molar-refractivity contribution in [3.8, 4) is 0 Å². The predicted octanol–water partition coefficient (Wildman–Crippen LogP) is 2.11. The predicted molar refractivity (Wildman–Crippen MR) is 42.1 cm³/mol. The van der Waals surface area contributed by atoms with Crippen LogP contribution in [0.25, 0.3) is 0 Å². The standard InChI is InChI=1S/C6H9IO/c1-5(3-7)2-6-4-8-6/h3,6H,2,4H2,1H3/b5-3-/t6-/m0/s1. The molecule has 0 bridgehead atoms. The van der Waals surface area contributed by atoms with Gasteiger partial charge in [0.05, 0.1) is 12.7 Å². The van der Waals surface area contributed by atoms with Gasteiger partial charge < -0.3 is 4.74 Å². The molecule has 1 atom stereocenters. The van der Waals surface area contributed by atoms with Gasteiger partial charge in [-0.25, -0.2) is 0 Å². The summed E-state index contributed by atoms with van der Waals surface area (Å²) in [6.07, 6.45) is 1.68. The molecule has 1 saturated heterocycles. The van der Waals surface area contributed by atoms with Crippen LogP contribution in [0.1, 0.15) is 13.3 Å². The van der Waals surface area contributed by atoms with Crippen molar-refractivity contribution in [2.45, 2.75) is 19.4 Å².